The molecule has 0 heterocycles. The Morgan fingerprint density at radius 3 is 1.34 bits per heavy atom. The Labute approximate surface area is 200 Å². The van der Waals surface area contributed by atoms with Gasteiger partial charge in [-0.05, 0) is 26.1 Å². The SMILES string of the molecule is CCCCCCCCCCCCCCCCCCC(c1ccccc1)N(C)C.I. The molecule has 0 saturated carbocycles. The van der Waals surface area contributed by atoms with Crippen molar-refractivity contribution in [3.8, 4) is 0 Å². The molecule has 1 atom stereocenters. The van der Waals surface area contributed by atoms with Crippen LogP contribution >= 0.6 is 24.0 Å². The summed E-state index contributed by atoms with van der Waals surface area (Å²) in [7, 11) is 4.42. The van der Waals surface area contributed by atoms with Gasteiger partial charge in [0.25, 0.3) is 0 Å². The molecule has 0 aliphatic carbocycles. The van der Waals surface area contributed by atoms with E-state index in [-0.39, 0.29) is 24.0 Å². The molecule has 0 amide bonds. The molecule has 1 unspecified atom stereocenters. The average molecular weight is 516 g/mol. The Hall–Kier alpha value is -0.0900. The van der Waals surface area contributed by atoms with Crippen molar-refractivity contribution in [2.45, 2.75) is 122 Å². The summed E-state index contributed by atoms with van der Waals surface area (Å²) >= 11 is 0. The van der Waals surface area contributed by atoms with Crippen molar-refractivity contribution < 1.29 is 0 Å². The zero-order chi connectivity index (χ0) is 20.3. The number of hydrogen-bond donors (Lipinski definition) is 0. The second-order valence-corrected chi connectivity index (χ2v) is 8.98. The zero-order valence-electron chi connectivity index (χ0n) is 19.8. The number of halogens is 1. The number of benzene rings is 1. The Kier molecular flexibility index (Phi) is 21.1. The average Bonchev–Trinajstić information content (AvgIpc) is 2.70. The van der Waals surface area contributed by atoms with Crippen molar-refractivity contribution in [2.75, 3.05) is 14.1 Å². The largest absolute Gasteiger partial charge is 0.302 e. The Bertz CT molecular complexity index is 431. The van der Waals surface area contributed by atoms with Gasteiger partial charge in [-0.1, -0.05) is 140 Å². The van der Waals surface area contributed by atoms with Gasteiger partial charge in [0, 0.05) is 6.04 Å². The first kappa shape index (κ1) is 28.9. The molecule has 0 saturated heterocycles. The molecule has 29 heavy (non-hydrogen) atoms. The van der Waals surface area contributed by atoms with E-state index in [0.717, 1.165) is 0 Å². The van der Waals surface area contributed by atoms with Crippen LogP contribution in [0.25, 0.3) is 0 Å². The molecule has 0 radical (unpaired) electrons. The van der Waals surface area contributed by atoms with Gasteiger partial charge >= 0.3 is 0 Å². The van der Waals surface area contributed by atoms with E-state index in [2.05, 4.69) is 56.3 Å². The molecular weight excluding hydrogens is 465 g/mol. The normalized spacial score (nSPS) is 12.1. The third kappa shape index (κ3) is 16.3. The molecule has 1 rings (SSSR count). The highest BCUT2D eigenvalue weighted by atomic mass is 127. The lowest BCUT2D eigenvalue weighted by Crippen LogP contribution is -2.19. The molecule has 170 valence electrons. The van der Waals surface area contributed by atoms with E-state index in [4.69, 9.17) is 0 Å². The second-order valence-electron chi connectivity index (χ2n) is 8.98. The number of unbranched alkanes of at least 4 members (excludes halogenated alkanes) is 15. The Morgan fingerprint density at radius 1 is 0.586 bits per heavy atom. The molecule has 1 nitrogen and oxygen atoms in total. The highest BCUT2D eigenvalue weighted by Gasteiger charge is 2.12. The maximum atomic E-state index is 2.38. The zero-order valence-corrected chi connectivity index (χ0v) is 22.2. The standard InChI is InChI=1S/C27H49N.HI/c1-4-5-6-7-8-9-10-11-12-13-14-15-16-17-18-22-25-27(28(2)3)26-23-20-19-21-24-26;/h19-21,23-24,27H,4-18,22,25H2,1-3H3;1H. The van der Waals surface area contributed by atoms with Gasteiger partial charge in [-0.25, -0.2) is 0 Å². The van der Waals surface area contributed by atoms with E-state index in [1.165, 1.54) is 115 Å². The van der Waals surface area contributed by atoms with Gasteiger partial charge in [-0.15, -0.1) is 24.0 Å². The van der Waals surface area contributed by atoms with E-state index in [1.54, 1.807) is 0 Å². The lowest BCUT2D eigenvalue weighted by atomic mass is 9.98. The predicted molar refractivity (Wildman–Crippen MR) is 142 cm³/mol. The number of rotatable bonds is 19. The molecule has 1 aromatic carbocycles. The first-order valence-corrected chi connectivity index (χ1v) is 12.5. The van der Waals surface area contributed by atoms with Crippen LogP contribution in [0.5, 0.6) is 0 Å². The maximum Gasteiger partial charge on any atom is 0.0342 e. The molecule has 0 fully saturated rings. The van der Waals surface area contributed by atoms with Crippen LogP contribution in [0.15, 0.2) is 30.3 Å². The summed E-state index contributed by atoms with van der Waals surface area (Å²) in [6, 6.07) is 11.6. The molecule has 0 aliphatic heterocycles. The minimum Gasteiger partial charge on any atom is -0.302 e. The minimum absolute atomic E-state index is 0. The topological polar surface area (TPSA) is 3.24 Å². The molecular formula is C27H50IN. The van der Waals surface area contributed by atoms with E-state index in [9.17, 15) is 0 Å². The van der Waals surface area contributed by atoms with Crippen LogP contribution in [-0.2, 0) is 0 Å². The van der Waals surface area contributed by atoms with Gasteiger partial charge in [0.05, 0.1) is 0 Å². The number of hydrogen-bond acceptors (Lipinski definition) is 1. The molecule has 0 spiro atoms. The van der Waals surface area contributed by atoms with Crippen LogP contribution in [0, 0.1) is 0 Å². The van der Waals surface area contributed by atoms with Gasteiger partial charge in [-0.2, -0.15) is 0 Å². The minimum atomic E-state index is 0. The van der Waals surface area contributed by atoms with Crippen molar-refractivity contribution in [1.82, 2.24) is 4.90 Å². The monoisotopic (exact) mass is 515 g/mol. The van der Waals surface area contributed by atoms with Gasteiger partial charge in [0.1, 0.15) is 0 Å². The molecule has 0 bridgehead atoms. The highest BCUT2D eigenvalue weighted by Crippen LogP contribution is 2.24. The summed E-state index contributed by atoms with van der Waals surface area (Å²) < 4.78 is 0. The summed E-state index contributed by atoms with van der Waals surface area (Å²) in [5.74, 6) is 0. The molecule has 0 aliphatic rings. The Balaban J connectivity index is 0.00000784. The third-order valence-electron chi connectivity index (χ3n) is 6.14. The maximum absolute atomic E-state index is 2.38. The van der Waals surface area contributed by atoms with E-state index in [0.29, 0.717) is 6.04 Å². The summed E-state index contributed by atoms with van der Waals surface area (Å²) in [5.41, 5.74) is 1.47. The van der Waals surface area contributed by atoms with Crippen LogP contribution < -0.4 is 0 Å². The molecule has 1 aromatic rings. The molecule has 0 aromatic heterocycles. The molecule has 0 N–H and O–H groups in total. The van der Waals surface area contributed by atoms with Gasteiger partial charge in [0.15, 0.2) is 0 Å². The predicted octanol–water partition coefficient (Wildman–Crippen LogP) is 9.56. The summed E-state index contributed by atoms with van der Waals surface area (Å²) in [5, 5.41) is 0. The van der Waals surface area contributed by atoms with Gasteiger partial charge in [-0.3, -0.25) is 0 Å². The number of nitrogens with zero attached hydrogens (tertiary/aromatic N) is 1. The van der Waals surface area contributed by atoms with Crippen molar-refractivity contribution in [1.29, 1.82) is 0 Å². The summed E-state index contributed by atoms with van der Waals surface area (Å²) in [4.78, 5) is 2.38. The lowest BCUT2D eigenvalue weighted by Gasteiger charge is -2.24. The van der Waals surface area contributed by atoms with Gasteiger partial charge < -0.3 is 4.90 Å². The van der Waals surface area contributed by atoms with Crippen LogP contribution in [0.2, 0.25) is 0 Å². The second kappa shape index (κ2) is 21.2. The summed E-state index contributed by atoms with van der Waals surface area (Å²) in [6.45, 7) is 2.30. The van der Waals surface area contributed by atoms with Gasteiger partial charge in [0.2, 0.25) is 0 Å². The smallest absolute Gasteiger partial charge is 0.0342 e. The van der Waals surface area contributed by atoms with Crippen molar-refractivity contribution in [2.24, 2.45) is 0 Å². The van der Waals surface area contributed by atoms with Crippen LogP contribution in [0.4, 0.5) is 0 Å². The lowest BCUT2D eigenvalue weighted by molar-refractivity contribution is 0.276. The van der Waals surface area contributed by atoms with E-state index >= 15 is 0 Å². The fourth-order valence-corrected chi connectivity index (χ4v) is 4.28. The Morgan fingerprint density at radius 2 is 0.966 bits per heavy atom. The van der Waals surface area contributed by atoms with Crippen LogP contribution in [-0.4, -0.2) is 19.0 Å². The van der Waals surface area contributed by atoms with Crippen molar-refractivity contribution in [3.63, 3.8) is 0 Å². The van der Waals surface area contributed by atoms with E-state index in [1.807, 2.05) is 0 Å². The third-order valence-corrected chi connectivity index (χ3v) is 6.14. The van der Waals surface area contributed by atoms with Crippen LogP contribution in [0.3, 0.4) is 0 Å². The van der Waals surface area contributed by atoms with Crippen LogP contribution in [0.1, 0.15) is 128 Å². The highest BCUT2D eigenvalue weighted by molar-refractivity contribution is 14.0. The van der Waals surface area contributed by atoms with Crippen molar-refractivity contribution in [3.05, 3.63) is 35.9 Å². The first-order valence-electron chi connectivity index (χ1n) is 12.5. The molecule has 2 heteroatoms. The summed E-state index contributed by atoms with van der Waals surface area (Å²) in [6.07, 6.45) is 24.4. The first-order chi connectivity index (χ1) is 13.8. The van der Waals surface area contributed by atoms with E-state index < -0.39 is 0 Å². The van der Waals surface area contributed by atoms with Crippen molar-refractivity contribution >= 4 is 24.0 Å². The fourth-order valence-electron chi connectivity index (χ4n) is 4.28. The fraction of sp³-hybridized carbons (Fsp3) is 0.778. The quantitative estimate of drug-likeness (QED) is 0.131.